The molecular weight excluding hydrogens is 665 g/mol. The number of likely N-dealkylation sites (N-methyl/N-ethyl adjacent to an activating group) is 1. The van der Waals surface area contributed by atoms with Crippen LogP contribution < -0.4 is 9.64 Å². The summed E-state index contributed by atoms with van der Waals surface area (Å²) in [5, 5.41) is 1.17. The third kappa shape index (κ3) is 4.68. The van der Waals surface area contributed by atoms with Crippen molar-refractivity contribution >= 4 is 28.5 Å². The maximum Gasteiger partial charge on any atom is 0.322 e. The molecular formula is C44H56N4O5. The molecule has 0 amide bonds. The molecule has 9 atom stereocenters. The number of aromatic amines is 1. The third-order valence-corrected chi connectivity index (χ3v) is 15.1. The molecule has 9 rings (SSSR count). The highest BCUT2D eigenvalue weighted by Gasteiger charge is 2.71. The molecule has 2 bridgehead atoms. The Morgan fingerprint density at radius 1 is 1.00 bits per heavy atom. The van der Waals surface area contributed by atoms with Crippen LogP contribution in [0.15, 0.2) is 48.6 Å². The van der Waals surface area contributed by atoms with Crippen LogP contribution in [0.5, 0.6) is 5.75 Å². The quantitative estimate of drug-likeness (QED) is 0.238. The number of benzene rings is 2. The number of carbonyl (C=O) groups excluding carboxylic acids is 2. The van der Waals surface area contributed by atoms with Gasteiger partial charge in [-0.1, -0.05) is 50.6 Å². The average molecular weight is 721 g/mol. The Balaban J connectivity index is 1.34. The number of nitrogens with one attached hydrogen (secondary N) is 1. The molecule has 6 heterocycles. The second-order valence-electron chi connectivity index (χ2n) is 17.1. The fraction of sp³-hybridized carbons (Fsp3) is 0.591. The van der Waals surface area contributed by atoms with E-state index in [0.717, 1.165) is 93.7 Å². The minimum absolute atomic E-state index is 0.0819. The van der Waals surface area contributed by atoms with E-state index >= 15 is 4.79 Å². The molecule has 53 heavy (non-hydrogen) atoms. The molecule has 1 aliphatic carbocycles. The van der Waals surface area contributed by atoms with Crippen molar-refractivity contribution in [1.29, 1.82) is 0 Å². The monoisotopic (exact) mass is 720 g/mol. The van der Waals surface area contributed by atoms with Crippen molar-refractivity contribution < 1.29 is 23.8 Å². The smallest absolute Gasteiger partial charge is 0.322 e. The first-order valence-electron chi connectivity index (χ1n) is 20.1. The summed E-state index contributed by atoms with van der Waals surface area (Å²) in [6.45, 7) is 9.47. The van der Waals surface area contributed by atoms with Crippen LogP contribution in [0.4, 0.5) is 5.69 Å². The van der Waals surface area contributed by atoms with Gasteiger partial charge >= 0.3 is 11.9 Å². The van der Waals surface area contributed by atoms with Gasteiger partial charge in [-0.05, 0) is 80.2 Å². The van der Waals surface area contributed by atoms with Gasteiger partial charge in [0.25, 0.3) is 0 Å². The Morgan fingerprint density at radius 3 is 2.58 bits per heavy atom. The third-order valence-electron chi connectivity index (χ3n) is 15.1. The molecule has 2 aromatic carbocycles. The molecule has 9 heteroatoms. The lowest BCUT2D eigenvalue weighted by atomic mass is 9.50. The molecule has 3 fully saturated rings. The van der Waals surface area contributed by atoms with Crippen LogP contribution >= 0.6 is 0 Å². The van der Waals surface area contributed by atoms with E-state index < -0.39 is 5.41 Å². The van der Waals surface area contributed by atoms with E-state index in [1.807, 2.05) is 0 Å². The predicted molar refractivity (Wildman–Crippen MR) is 207 cm³/mol. The van der Waals surface area contributed by atoms with Crippen molar-refractivity contribution in [2.24, 2.45) is 23.2 Å². The van der Waals surface area contributed by atoms with Crippen LogP contribution in [0.3, 0.4) is 0 Å². The van der Waals surface area contributed by atoms with Gasteiger partial charge in [0, 0.05) is 84.0 Å². The summed E-state index contributed by atoms with van der Waals surface area (Å²) in [7, 11) is 6.96. The molecule has 3 aromatic rings. The number of para-hydroxylation sites is 1. The van der Waals surface area contributed by atoms with Gasteiger partial charge in [-0.15, -0.1) is 0 Å². The van der Waals surface area contributed by atoms with E-state index in [9.17, 15) is 4.79 Å². The van der Waals surface area contributed by atoms with E-state index in [0.29, 0.717) is 18.1 Å². The molecule has 1 aromatic heterocycles. The van der Waals surface area contributed by atoms with Gasteiger partial charge < -0.3 is 29.0 Å². The summed E-state index contributed by atoms with van der Waals surface area (Å²) in [6, 6.07) is 13.2. The first kappa shape index (κ1) is 34.9. The highest BCUT2D eigenvalue weighted by molar-refractivity contribution is 5.94. The van der Waals surface area contributed by atoms with E-state index in [4.69, 9.17) is 14.2 Å². The lowest BCUT2D eigenvalue weighted by Crippen LogP contribution is -2.67. The number of fused-ring (bicyclic) bond motifs is 6. The van der Waals surface area contributed by atoms with Crippen molar-refractivity contribution in [2.45, 2.75) is 81.7 Å². The molecule has 6 aliphatic rings. The standard InChI is InChI=1S/C44H56N4O5/c1-7-27-20-28-23-44(41(50)53-6,37-30(14-18-47(25-27)26-28)29-12-9-10-13-34(29)45-37)33-21-32-35(22-36(33)51-4)46(3)38-31(39(49)52-5)24-42(8-2)15-11-17-48-19-16-43(32,38)40(42)48/h9-13,15,21-22,27-28,31,38,40,45H,7-8,14,16-20,23-26H2,1-6H3/t27-,28+,31-,38-,40-,42-,43-,44-/m0/s1. The summed E-state index contributed by atoms with van der Waals surface area (Å²) in [6.07, 6.45) is 11.0. The second-order valence-corrected chi connectivity index (χ2v) is 17.1. The van der Waals surface area contributed by atoms with Crippen molar-refractivity contribution in [3.63, 3.8) is 0 Å². The lowest BCUT2D eigenvalue weighted by Gasteiger charge is -2.58. The zero-order valence-electron chi connectivity index (χ0n) is 32.4. The van der Waals surface area contributed by atoms with Gasteiger partial charge in [-0.3, -0.25) is 14.5 Å². The normalized spacial score (nSPS) is 35.7. The van der Waals surface area contributed by atoms with Crippen molar-refractivity contribution in [2.75, 3.05) is 66.0 Å². The highest BCUT2D eigenvalue weighted by Crippen LogP contribution is 2.67. The number of ether oxygens (including phenoxy) is 3. The predicted octanol–water partition coefficient (Wildman–Crippen LogP) is 6.22. The molecule has 282 valence electrons. The van der Waals surface area contributed by atoms with E-state index in [2.05, 4.69) is 89.1 Å². The van der Waals surface area contributed by atoms with Gasteiger partial charge in [-0.2, -0.15) is 0 Å². The van der Waals surface area contributed by atoms with Crippen LogP contribution in [0, 0.1) is 23.2 Å². The SMILES string of the molecule is CC[C@H]1C[C@H]2CN(CCc3c([nH]c4ccccc34)[C@@](C(=O)OC)(c3cc4c(cc3OC)N(C)[C@H]3[C@@H](C(=O)OC)C[C@]5(CC)C=CCN6CC[C@]43[C@@H]65)C2)C1. The number of carbonyl (C=O) groups is 2. The number of aromatic nitrogens is 1. The van der Waals surface area contributed by atoms with Crippen LogP contribution in [0.1, 0.15) is 74.8 Å². The van der Waals surface area contributed by atoms with E-state index in [1.54, 1.807) is 14.2 Å². The maximum atomic E-state index is 15.2. The van der Waals surface area contributed by atoms with Gasteiger partial charge in [-0.25, -0.2) is 0 Å². The van der Waals surface area contributed by atoms with Crippen molar-refractivity contribution in [3.8, 4) is 5.75 Å². The minimum Gasteiger partial charge on any atom is -0.496 e. The Hall–Kier alpha value is -3.82. The van der Waals surface area contributed by atoms with Crippen molar-refractivity contribution in [1.82, 2.24) is 14.8 Å². The van der Waals surface area contributed by atoms with E-state index in [1.165, 1.54) is 23.6 Å². The molecule has 2 saturated heterocycles. The Kier molecular flexibility index (Phi) is 8.32. The fourth-order valence-electron chi connectivity index (χ4n) is 13.0. The van der Waals surface area contributed by atoms with Crippen LogP contribution in [0.25, 0.3) is 10.9 Å². The molecule has 1 saturated carbocycles. The number of hydrogen-bond donors (Lipinski definition) is 1. The summed E-state index contributed by atoms with van der Waals surface area (Å²) in [5.41, 5.74) is 4.70. The summed E-state index contributed by atoms with van der Waals surface area (Å²) in [4.78, 5) is 40.7. The Bertz CT molecular complexity index is 1990. The molecule has 5 aliphatic heterocycles. The first-order chi connectivity index (χ1) is 25.7. The fourth-order valence-corrected chi connectivity index (χ4v) is 13.0. The minimum atomic E-state index is -1.14. The average Bonchev–Trinajstić information content (AvgIpc) is 3.85. The zero-order valence-corrected chi connectivity index (χ0v) is 32.4. The molecule has 1 unspecified atom stereocenters. The number of anilines is 1. The summed E-state index contributed by atoms with van der Waals surface area (Å²) in [5.74, 6) is 0.870. The first-order valence-corrected chi connectivity index (χ1v) is 20.1. The second kappa shape index (κ2) is 12.6. The summed E-state index contributed by atoms with van der Waals surface area (Å²) >= 11 is 0. The maximum absolute atomic E-state index is 15.2. The number of piperidine rings is 1. The van der Waals surface area contributed by atoms with Gasteiger partial charge in [0.2, 0.25) is 0 Å². The van der Waals surface area contributed by atoms with Crippen LogP contribution in [-0.4, -0.2) is 99.9 Å². The number of methoxy groups -OCH3 is 3. The lowest BCUT2D eigenvalue weighted by molar-refractivity contribution is -0.151. The Morgan fingerprint density at radius 2 is 1.83 bits per heavy atom. The number of nitrogens with zero attached hydrogens (tertiary/aromatic N) is 3. The van der Waals surface area contributed by atoms with Crippen molar-refractivity contribution in [3.05, 3.63) is 70.9 Å². The topological polar surface area (TPSA) is 87.3 Å². The van der Waals surface area contributed by atoms with Crippen LogP contribution in [0.2, 0.25) is 0 Å². The largest absolute Gasteiger partial charge is 0.496 e. The van der Waals surface area contributed by atoms with Gasteiger partial charge in [0.05, 0.1) is 33.3 Å². The zero-order chi connectivity index (χ0) is 36.9. The van der Waals surface area contributed by atoms with Gasteiger partial charge in [0.15, 0.2) is 0 Å². The Labute approximate surface area is 314 Å². The highest BCUT2D eigenvalue weighted by atomic mass is 16.5. The molecule has 1 spiro atoms. The molecule has 9 nitrogen and oxygen atoms in total. The number of H-pyrrole nitrogens is 1. The van der Waals surface area contributed by atoms with Gasteiger partial charge in [0.1, 0.15) is 11.2 Å². The summed E-state index contributed by atoms with van der Waals surface area (Å²) < 4.78 is 18.0. The molecule has 0 radical (unpaired) electrons. The number of hydrogen-bond acceptors (Lipinski definition) is 8. The molecule has 1 N–H and O–H groups in total. The van der Waals surface area contributed by atoms with E-state index in [-0.39, 0.29) is 46.7 Å². The van der Waals surface area contributed by atoms with Crippen LogP contribution in [-0.2, 0) is 36.3 Å². The number of esters is 2. The number of rotatable bonds is 6.